The highest BCUT2D eigenvalue weighted by Gasteiger charge is 2.27. The lowest BCUT2D eigenvalue weighted by Crippen LogP contribution is -2.40. The molecular weight excluding hydrogens is 341 g/mol. The number of halogens is 2. The van der Waals surface area contributed by atoms with Gasteiger partial charge in [-0.2, -0.15) is 0 Å². The second-order valence-corrected chi connectivity index (χ2v) is 5.75. The number of benzene rings is 1. The predicted octanol–water partition coefficient (Wildman–Crippen LogP) is 2.91. The Morgan fingerprint density at radius 3 is 2.81 bits per heavy atom. The SMILES string of the molecule is CCOC(=O)CC(c1ccc(Br)cc1F)N1CCOCC1. The molecule has 0 amide bonds. The van der Waals surface area contributed by atoms with Crippen LogP contribution in [-0.4, -0.2) is 43.8 Å². The van der Waals surface area contributed by atoms with E-state index in [0.29, 0.717) is 42.9 Å². The molecule has 1 saturated heterocycles. The van der Waals surface area contributed by atoms with Crippen molar-refractivity contribution < 1.29 is 18.7 Å². The summed E-state index contributed by atoms with van der Waals surface area (Å²) in [7, 11) is 0. The van der Waals surface area contributed by atoms with Gasteiger partial charge in [0.15, 0.2) is 0 Å². The molecule has 0 spiro atoms. The first-order valence-corrected chi connectivity index (χ1v) is 7.83. The summed E-state index contributed by atoms with van der Waals surface area (Å²) in [6.45, 7) is 4.65. The number of carbonyl (C=O) groups excluding carboxylic acids is 1. The van der Waals surface area contributed by atoms with Gasteiger partial charge >= 0.3 is 5.97 Å². The van der Waals surface area contributed by atoms with Crippen LogP contribution < -0.4 is 0 Å². The minimum Gasteiger partial charge on any atom is -0.466 e. The maximum Gasteiger partial charge on any atom is 0.307 e. The number of hydrogen-bond donors (Lipinski definition) is 0. The molecule has 21 heavy (non-hydrogen) atoms. The first kappa shape index (κ1) is 16.4. The molecular formula is C15H19BrFNO3. The lowest BCUT2D eigenvalue weighted by atomic mass is 10.0. The van der Waals surface area contributed by atoms with Crippen LogP contribution in [0.4, 0.5) is 4.39 Å². The molecule has 6 heteroatoms. The number of rotatable bonds is 5. The van der Waals surface area contributed by atoms with Gasteiger partial charge in [-0.15, -0.1) is 0 Å². The van der Waals surface area contributed by atoms with E-state index in [-0.39, 0.29) is 24.2 Å². The average molecular weight is 360 g/mol. The van der Waals surface area contributed by atoms with E-state index in [4.69, 9.17) is 9.47 Å². The molecule has 0 aromatic heterocycles. The number of carbonyl (C=O) groups is 1. The molecule has 1 aromatic carbocycles. The van der Waals surface area contributed by atoms with Crippen LogP contribution in [-0.2, 0) is 14.3 Å². The monoisotopic (exact) mass is 359 g/mol. The second kappa shape index (κ2) is 7.87. The first-order chi connectivity index (χ1) is 10.1. The van der Waals surface area contributed by atoms with Crippen molar-refractivity contribution in [1.82, 2.24) is 4.90 Å². The lowest BCUT2D eigenvalue weighted by Gasteiger charge is -2.34. The molecule has 0 bridgehead atoms. The van der Waals surface area contributed by atoms with E-state index >= 15 is 0 Å². The smallest absolute Gasteiger partial charge is 0.307 e. The van der Waals surface area contributed by atoms with Gasteiger partial charge in [0.25, 0.3) is 0 Å². The van der Waals surface area contributed by atoms with E-state index in [1.165, 1.54) is 6.07 Å². The van der Waals surface area contributed by atoms with Gasteiger partial charge in [-0.05, 0) is 19.1 Å². The highest BCUT2D eigenvalue weighted by Crippen LogP contribution is 2.29. The van der Waals surface area contributed by atoms with E-state index in [1.807, 2.05) is 0 Å². The molecule has 0 N–H and O–H groups in total. The van der Waals surface area contributed by atoms with Crippen molar-refractivity contribution in [1.29, 1.82) is 0 Å². The number of morpholine rings is 1. The summed E-state index contributed by atoms with van der Waals surface area (Å²) in [4.78, 5) is 13.9. The third kappa shape index (κ3) is 4.49. The zero-order valence-electron chi connectivity index (χ0n) is 12.0. The standard InChI is InChI=1S/C15H19BrFNO3/c1-2-21-15(19)10-14(18-5-7-20-8-6-18)12-4-3-11(16)9-13(12)17/h3-4,9,14H,2,5-8,10H2,1H3. The van der Waals surface area contributed by atoms with Crippen LogP contribution in [0.2, 0.25) is 0 Å². The molecule has 1 aliphatic heterocycles. The van der Waals surface area contributed by atoms with Crippen LogP contribution in [0.1, 0.15) is 24.9 Å². The minimum absolute atomic E-state index is 0.145. The van der Waals surface area contributed by atoms with Gasteiger partial charge in [-0.3, -0.25) is 9.69 Å². The van der Waals surface area contributed by atoms with E-state index in [9.17, 15) is 9.18 Å². The van der Waals surface area contributed by atoms with E-state index in [0.717, 1.165) is 0 Å². The Bertz CT molecular complexity index is 492. The molecule has 1 heterocycles. The highest BCUT2D eigenvalue weighted by molar-refractivity contribution is 9.10. The fourth-order valence-corrected chi connectivity index (χ4v) is 2.81. The fourth-order valence-electron chi connectivity index (χ4n) is 2.47. The van der Waals surface area contributed by atoms with Gasteiger partial charge in [0.2, 0.25) is 0 Å². The van der Waals surface area contributed by atoms with Crippen LogP contribution in [0.5, 0.6) is 0 Å². The van der Waals surface area contributed by atoms with Gasteiger partial charge in [0.05, 0.1) is 26.2 Å². The summed E-state index contributed by atoms with van der Waals surface area (Å²) < 4.78 is 25.3. The summed E-state index contributed by atoms with van der Waals surface area (Å²) in [5.41, 5.74) is 0.521. The van der Waals surface area contributed by atoms with Crippen LogP contribution in [0.25, 0.3) is 0 Å². The van der Waals surface area contributed by atoms with E-state index in [2.05, 4.69) is 20.8 Å². The van der Waals surface area contributed by atoms with Crippen molar-refractivity contribution in [2.24, 2.45) is 0 Å². The van der Waals surface area contributed by atoms with Gasteiger partial charge in [-0.25, -0.2) is 4.39 Å². The summed E-state index contributed by atoms with van der Waals surface area (Å²) >= 11 is 3.25. The van der Waals surface area contributed by atoms with Crippen molar-refractivity contribution in [2.75, 3.05) is 32.9 Å². The van der Waals surface area contributed by atoms with Crippen molar-refractivity contribution in [3.05, 3.63) is 34.1 Å². The fraction of sp³-hybridized carbons (Fsp3) is 0.533. The van der Waals surface area contributed by atoms with Crippen LogP contribution in [0, 0.1) is 5.82 Å². The van der Waals surface area contributed by atoms with Crippen molar-refractivity contribution in [2.45, 2.75) is 19.4 Å². The molecule has 1 aliphatic rings. The van der Waals surface area contributed by atoms with Crippen molar-refractivity contribution >= 4 is 21.9 Å². The van der Waals surface area contributed by atoms with Crippen LogP contribution in [0.3, 0.4) is 0 Å². The first-order valence-electron chi connectivity index (χ1n) is 7.04. The van der Waals surface area contributed by atoms with Crippen LogP contribution in [0.15, 0.2) is 22.7 Å². The van der Waals surface area contributed by atoms with Crippen molar-refractivity contribution in [3.8, 4) is 0 Å². The van der Waals surface area contributed by atoms with Crippen LogP contribution >= 0.6 is 15.9 Å². The molecule has 2 rings (SSSR count). The van der Waals surface area contributed by atoms with Gasteiger partial charge in [0.1, 0.15) is 5.82 Å². The molecule has 0 aliphatic carbocycles. The molecule has 1 unspecified atom stereocenters. The lowest BCUT2D eigenvalue weighted by molar-refractivity contribution is -0.145. The van der Waals surface area contributed by atoms with E-state index < -0.39 is 0 Å². The Hall–Kier alpha value is -0.980. The molecule has 4 nitrogen and oxygen atoms in total. The van der Waals surface area contributed by atoms with Gasteiger partial charge in [-0.1, -0.05) is 22.0 Å². The normalized spacial score (nSPS) is 17.5. The summed E-state index contributed by atoms with van der Waals surface area (Å²) in [6, 6.07) is 4.62. The predicted molar refractivity (Wildman–Crippen MR) is 80.5 cm³/mol. The van der Waals surface area contributed by atoms with Crippen molar-refractivity contribution in [3.63, 3.8) is 0 Å². The maximum absolute atomic E-state index is 14.3. The number of hydrogen-bond acceptors (Lipinski definition) is 4. The molecule has 1 fully saturated rings. The quantitative estimate of drug-likeness (QED) is 0.757. The molecule has 116 valence electrons. The number of nitrogens with zero attached hydrogens (tertiary/aromatic N) is 1. The van der Waals surface area contributed by atoms with Gasteiger partial charge in [0, 0.05) is 29.2 Å². The average Bonchev–Trinajstić information content (AvgIpc) is 2.47. The Kier molecular flexibility index (Phi) is 6.14. The third-order valence-electron chi connectivity index (χ3n) is 3.47. The van der Waals surface area contributed by atoms with Gasteiger partial charge < -0.3 is 9.47 Å². The Labute approximate surface area is 132 Å². The zero-order chi connectivity index (χ0) is 15.2. The number of esters is 1. The molecule has 1 aromatic rings. The van der Waals surface area contributed by atoms with E-state index in [1.54, 1.807) is 19.1 Å². The topological polar surface area (TPSA) is 38.8 Å². The minimum atomic E-state index is -0.318. The summed E-state index contributed by atoms with van der Waals surface area (Å²) in [5.74, 6) is -0.624. The zero-order valence-corrected chi connectivity index (χ0v) is 13.6. The Balaban J connectivity index is 2.23. The maximum atomic E-state index is 14.3. The molecule has 0 saturated carbocycles. The number of ether oxygens (including phenoxy) is 2. The molecule has 1 atom stereocenters. The Morgan fingerprint density at radius 1 is 1.48 bits per heavy atom. The highest BCUT2D eigenvalue weighted by atomic mass is 79.9. The second-order valence-electron chi connectivity index (χ2n) is 4.84. The molecule has 0 radical (unpaired) electrons. The summed E-state index contributed by atoms with van der Waals surface area (Å²) in [6.07, 6.45) is 0.145. The Morgan fingerprint density at radius 2 is 2.19 bits per heavy atom. The third-order valence-corrected chi connectivity index (χ3v) is 3.97. The largest absolute Gasteiger partial charge is 0.466 e. The summed E-state index contributed by atoms with van der Waals surface area (Å²) in [5, 5.41) is 0.